The van der Waals surface area contributed by atoms with E-state index in [9.17, 15) is 22.4 Å². The largest absolute Gasteiger partial charge is 0.453 e. The molecule has 0 fully saturated rings. The quantitative estimate of drug-likeness (QED) is 0.477. The Kier molecular flexibility index (Phi) is 4.13. The summed E-state index contributed by atoms with van der Waals surface area (Å²) in [4.78, 5) is 10.9. The maximum atomic E-state index is 13.8. The molecule has 3 aromatic rings. The van der Waals surface area contributed by atoms with Gasteiger partial charge in [-0.1, -0.05) is 0 Å². The molecule has 0 amide bonds. The van der Waals surface area contributed by atoms with Crippen molar-refractivity contribution in [2.24, 2.45) is 0 Å². The SMILES string of the molecule is O=Cc1ccc(-c2cc(F)ccc2-n2nc(C(F)(F)F)c3c2CCCC3)o1. The van der Waals surface area contributed by atoms with Crippen LogP contribution in [0.15, 0.2) is 34.7 Å². The molecule has 1 aromatic carbocycles. The van der Waals surface area contributed by atoms with Crippen LogP contribution in [0, 0.1) is 5.82 Å². The lowest BCUT2D eigenvalue weighted by atomic mass is 9.95. The number of hydrogen-bond acceptors (Lipinski definition) is 3. The maximum Gasteiger partial charge on any atom is 0.435 e. The molecular weight excluding hydrogens is 364 g/mol. The highest BCUT2D eigenvalue weighted by atomic mass is 19.4. The number of fused-ring (bicyclic) bond motifs is 1. The normalized spacial score (nSPS) is 14.2. The molecule has 0 saturated carbocycles. The van der Waals surface area contributed by atoms with E-state index in [0.29, 0.717) is 31.2 Å². The van der Waals surface area contributed by atoms with Crippen LogP contribution in [0.2, 0.25) is 0 Å². The van der Waals surface area contributed by atoms with Crippen molar-refractivity contribution in [2.75, 3.05) is 0 Å². The minimum Gasteiger partial charge on any atom is -0.453 e. The van der Waals surface area contributed by atoms with Crippen LogP contribution < -0.4 is 0 Å². The summed E-state index contributed by atoms with van der Waals surface area (Å²) in [5.74, 6) is -0.353. The van der Waals surface area contributed by atoms with Crippen molar-refractivity contribution < 1.29 is 26.8 Å². The second-order valence-electron chi connectivity index (χ2n) is 6.37. The predicted octanol–water partition coefficient (Wildman–Crippen LogP) is 4.98. The number of alkyl halides is 3. The van der Waals surface area contributed by atoms with E-state index in [1.807, 2.05) is 0 Å². The topological polar surface area (TPSA) is 48.0 Å². The standard InChI is InChI=1S/C19H14F4N2O2/c20-11-5-7-16(14(9-11)17-8-6-12(10-26)27-17)25-15-4-2-1-3-13(15)18(24-25)19(21,22)23/h5-10H,1-4H2. The van der Waals surface area contributed by atoms with Crippen molar-refractivity contribution in [3.05, 3.63) is 58.9 Å². The van der Waals surface area contributed by atoms with Crippen molar-refractivity contribution in [2.45, 2.75) is 31.9 Å². The predicted molar refractivity (Wildman–Crippen MR) is 88.3 cm³/mol. The molecule has 1 aliphatic rings. The van der Waals surface area contributed by atoms with E-state index in [-0.39, 0.29) is 28.3 Å². The van der Waals surface area contributed by atoms with Gasteiger partial charge in [-0.05, 0) is 56.0 Å². The molecule has 0 spiro atoms. The highest BCUT2D eigenvalue weighted by molar-refractivity contribution is 5.75. The molecule has 27 heavy (non-hydrogen) atoms. The number of halogens is 4. The number of carbonyl (C=O) groups is 1. The molecule has 8 heteroatoms. The van der Waals surface area contributed by atoms with Gasteiger partial charge in [0, 0.05) is 16.8 Å². The summed E-state index contributed by atoms with van der Waals surface area (Å²) in [5, 5.41) is 3.83. The number of aromatic nitrogens is 2. The number of hydrogen-bond donors (Lipinski definition) is 0. The van der Waals surface area contributed by atoms with Crippen LogP contribution in [0.5, 0.6) is 0 Å². The molecule has 4 rings (SSSR count). The molecular formula is C19H14F4N2O2. The Morgan fingerprint density at radius 1 is 1.11 bits per heavy atom. The maximum absolute atomic E-state index is 13.8. The third kappa shape index (κ3) is 3.05. The first kappa shape index (κ1) is 17.5. The van der Waals surface area contributed by atoms with Gasteiger partial charge in [0.1, 0.15) is 11.6 Å². The zero-order valence-electron chi connectivity index (χ0n) is 14.0. The fourth-order valence-corrected chi connectivity index (χ4v) is 3.48. The molecule has 0 saturated heterocycles. The summed E-state index contributed by atoms with van der Waals surface area (Å²) < 4.78 is 60.8. The third-order valence-electron chi connectivity index (χ3n) is 4.64. The molecule has 0 bridgehead atoms. The van der Waals surface area contributed by atoms with Crippen LogP contribution in [-0.2, 0) is 19.0 Å². The van der Waals surface area contributed by atoms with Gasteiger partial charge in [-0.25, -0.2) is 9.07 Å². The Morgan fingerprint density at radius 3 is 2.59 bits per heavy atom. The number of carbonyl (C=O) groups excluding carboxylic acids is 1. The summed E-state index contributed by atoms with van der Waals surface area (Å²) in [5.41, 5.74) is 0.269. The smallest absolute Gasteiger partial charge is 0.435 e. The number of aldehydes is 1. The first-order chi connectivity index (χ1) is 12.9. The summed E-state index contributed by atoms with van der Waals surface area (Å²) in [6.45, 7) is 0. The Balaban J connectivity index is 1.94. The van der Waals surface area contributed by atoms with Gasteiger partial charge >= 0.3 is 6.18 Å². The average Bonchev–Trinajstić information content (AvgIpc) is 3.26. The first-order valence-electron chi connectivity index (χ1n) is 8.42. The Bertz CT molecular complexity index is 1020. The fraction of sp³-hybridized carbons (Fsp3) is 0.263. The summed E-state index contributed by atoms with van der Waals surface area (Å²) >= 11 is 0. The zero-order valence-corrected chi connectivity index (χ0v) is 14.0. The summed E-state index contributed by atoms with van der Waals surface area (Å²) in [7, 11) is 0. The van der Waals surface area contributed by atoms with Gasteiger partial charge in [-0.2, -0.15) is 18.3 Å². The monoisotopic (exact) mass is 378 g/mol. The molecule has 2 aromatic heterocycles. The molecule has 2 heterocycles. The molecule has 0 N–H and O–H groups in total. The second kappa shape index (κ2) is 6.37. The van der Waals surface area contributed by atoms with E-state index in [1.54, 1.807) is 0 Å². The molecule has 0 atom stereocenters. The summed E-state index contributed by atoms with van der Waals surface area (Å²) in [6, 6.07) is 6.58. The van der Waals surface area contributed by atoms with Crippen LogP contribution in [0.3, 0.4) is 0 Å². The van der Waals surface area contributed by atoms with Gasteiger partial charge in [0.2, 0.25) is 0 Å². The number of rotatable bonds is 3. The lowest BCUT2D eigenvalue weighted by molar-refractivity contribution is -0.142. The van der Waals surface area contributed by atoms with Crippen molar-refractivity contribution in [3.8, 4) is 17.0 Å². The highest BCUT2D eigenvalue weighted by Gasteiger charge is 2.40. The van der Waals surface area contributed by atoms with Gasteiger partial charge in [0.05, 0.1) is 5.69 Å². The van der Waals surface area contributed by atoms with Gasteiger partial charge in [-0.3, -0.25) is 4.79 Å². The Morgan fingerprint density at radius 2 is 1.89 bits per heavy atom. The van der Waals surface area contributed by atoms with Gasteiger partial charge in [0.25, 0.3) is 0 Å². The van der Waals surface area contributed by atoms with Gasteiger partial charge in [-0.15, -0.1) is 0 Å². The third-order valence-corrected chi connectivity index (χ3v) is 4.64. The van der Waals surface area contributed by atoms with E-state index >= 15 is 0 Å². The lowest BCUT2D eigenvalue weighted by Gasteiger charge is -2.16. The van der Waals surface area contributed by atoms with Crippen molar-refractivity contribution >= 4 is 6.29 Å². The van der Waals surface area contributed by atoms with Crippen molar-refractivity contribution in [3.63, 3.8) is 0 Å². The van der Waals surface area contributed by atoms with E-state index < -0.39 is 17.7 Å². The molecule has 4 nitrogen and oxygen atoms in total. The molecule has 1 aliphatic carbocycles. The van der Waals surface area contributed by atoms with E-state index in [4.69, 9.17) is 4.42 Å². The molecule has 140 valence electrons. The van der Waals surface area contributed by atoms with E-state index in [1.165, 1.54) is 22.9 Å². The highest BCUT2D eigenvalue weighted by Crippen LogP contribution is 2.38. The number of benzene rings is 1. The second-order valence-corrected chi connectivity index (χ2v) is 6.37. The van der Waals surface area contributed by atoms with Crippen LogP contribution in [-0.4, -0.2) is 16.1 Å². The van der Waals surface area contributed by atoms with E-state index in [0.717, 1.165) is 18.6 Å². The molecule has 0 unspecified atom stereocenters. The number of furan rings is 1. The van der Waals surface area contributed by atoms with Crippen LogP contribution in [0.4, 0.5) is 17.6 Å². The van der Waals surface area contributed by atoms with Crippen molar-refractivity contribution in [1.82, 2.24) is 9.78 Å². The lowest BCUT2D eigenvalue weighted by Crippen LogP contribution is -2.11. The Labute approximate surface area is 151 Å². The van der Waals surface area contributed by atoms with Crippen molar-refractivity contribution in [1.29, 1.82) is 0 Å². The summed E-state index contributed by atoms with van der Waals surface area (Å²) in [6.07, 6.45) is -1.90. The first-order valence-corrected chi connectivity index (χ1v) is 8.42. The molecule has 0 aliphatic heterocycles. The fourth-order valence-electron chi connectivity index (χ4n) is 3.48. The van der Waals surface area contributed by atoms with Gasteiger partial charge in [0.15, 0.2) is 17.7 Å². The average molecular weight is 378 g/mol. The van der Waals surface area contributed by atoms with Crippen LogP contribution in [0.25, 0.3) is 17.0 Å². The van der Waals surface area contributed by atoms with E-state index in [2.05, 4.69) is 5.10 Å². The van der Waals surface area contributed by atoms with Gasteiger partial charge < -0.3 is 4.42 Å². The minimum absolute atomic E-state index is 0.0404. The van der Waals surface area contributed by atoms with Crippen LogP contribution in [0.1, 0.15) is 40.3 Å². The molecule has 0 radical (unpaired) electrons. The van der Waals surface area contributed by atoms with Crippen LogP contribution >= 0.6 is 0 Å². The minimum atomic E-state index is -4.57. The Hall–Kier alpha value is -2.90. The zero-order chi connectivity index (χ0) is 19.2. The number of nitrogens with zero attached hydrogens (tertiary/aromatic N) is 2.